The fourth-order valence-corrected chi connectivity index (χ4v) is 2.25. The molecular weight excluding hydrogens is 202 g/mol. The molecule has 0 heterocycles. The molecule has 0 aromatic carbocycles. The second-order valence-electron chi connectivity index (χ2n) is 5.83. The standard InChI is InChI=1S/C13H25NO2/c1-10(11-8-6-5-7-9-11)14-12(15)16-13(2,3)4/h10-11H,5-9H2,1-4H3,(H,14,15)/t10-/m1/s1. The molecule has 0 radical (unpaired) electrons. The Morgan fingerprint density at radius 2 is 1.81 bits per heavy atom. The lowest BCUT2D eigenvalue weighted by atomic mass is 9.85. The Kier molecular flexibility index (Phi) is 4.63. The predicted octanol–water partition coefficient (Wildman–Crippen LogP) is 3.48. The number of nitrogens with one attached hydrogen (secondary N) is 1. The summed E-state index contributed by atoms with van der Waals surface area (Å²) >= 11 is 0. The van der Waals surface area contributed by atoms with Crippen molar-refractivity contribution in [2.75, 3.05) is 0 Å². The highest BCUT2D eigenvalue weighted by Crippen LogP contribution is 2.26. The van der Waals surface area contributed by atoms with Crippen molar-refractivity contribution in [2.45, 2.75) is 71.4 Å². The Balaban J connectivity index is 2.32. The number of ether oxygens (including phenoxy) is 1. The fraction of sp³-hybridized carbons (Fsp3) is 0.923. The van der Waals surface area contributed by atoms with Crippen LogP contribution in [-0.4, -0.2) is 17.7 Å². The van der Waals surface area contributed by atoms with E-state index >= 15 is 0 Å². The molecule has 1 aliphatic carbocycles. The zero-order valence-electron chi connectivity index (χ0n) is 11.0. The van der Waals surface area contributed by atoms with Crippen LogP contribution in [0.5, 0.6) is 0 Å². The Morgan fingerprint density at radius 3 is 2.31 bits per heavy atom. The molecular formula is C13H25NO2. The summed E-state index contributed by atoms with van der Waals surface area (Å²) in [4.78, 5) is 11.6. The van der Waals surface area contributed by atoms with Crippen LogP contribution in [0, 0.1) is 5.92 Å². The molecule has 94 valence electrons. The molecule has 1 aliphatic rings. The largest absolute Gasteiger partial charge is 0.444 e. The van der Waals surface area contributed by atoms with E-state index in [1.54, 1.807) is 0 Å². The third-order valence-corrected chi connectivity index (χ3v) is 3.10. The van der Waals surface area contributed by atoms with E-state index in [1.165, 1.54) is 32.1 Å². The molecule has 1 rings (SSSR count). The van der Waals surface area contributed by atoms with E-state index in [0.29, 0.717) is 5.92 Å². The quantitative estimate of drug-likeness (QED) is 0.784. The van der Waals surface area contributed by atoms with Gasteiger partial charge in [0.25, 0.3) is 0 Å². The van der Waals surface area contributed by atoms with E-state index in [0.717, 1.165) is 0 Å². The molecule has 0 aromatic heterocycles. The van der Waals surface area contributed by atoms with Crippen molar-refractivity contribution in [2.24, 2.45) is 5.92 Å². The van der Waals surface area contributed by atoms with Crippen molar-refractivity contribution < 1.29 is 9.53 Å². The Morgan fingerprint density at radius 1 is 1.25 bits per heavy atom. The molecule has 0 aliphatic heterocycles. The van der Waals surface area contributed by atoms with Crippen molar-refractivity contribution in [1.82, 2.24) is 5.32 Å². The van der Waals surface area contributed by atoms with Crippen molar-refractivity contribution >= 4 is 6.09 Å². The number of hydrogen-bond donors (Lipinski definition) is 1. The van der Waals surface area contributed by atoms with Crippen LogP contribution in [0.25, 0.3) is 0 Å². The van der Waals surface area contributed by atoms with Gasteiger partial charge in [0.05, 0.1) is 0 Å². The van der Waals surface area contributed by atoms with Crippen LogP contribution in [0.1, 0.15) is 59.8 Å². The van der Waals surface area contributed by atoms with E-state index in [1.807, 2.05) is 20.8 Å². The first kappa shape index (κ1) is 13.3. The van der Waals surface area contributed by atoms with Gasteiger partial charge in [-0.15, -0.1) is 0 Å². The molecule has 16 heavy (non-hydrogen) atoms. The number of rotatable bonds is 2. The molecule has 3 heteroatoms. The monoisotopic (exact) mass is 227 g/mol. The average molecular weight is 227 g/mol. The van der Waals surface area contributed by atoms with Crippen LogP contribution in [-0.2, 0) is 4.74 Å². The highest BCUT2D eigenvalue weighted by Gasteiger charge is 2.23. The topological polar surface area (TPSA) is 38.3 Å². The van der Waals surface area contributed by atoms with Gasteiger partial charge in [-0.05, 0) is 46.5 Å². The van der Waals surface area contributed by atoms with E-state index in [4.69, 9.17) is 4.74 Å². The second-order valence-corrected chi connectivity index (χ2v) is 5.83. The van der Waals surface area contributed by atoms with Crippen LogP contribution in [0.3, 0.4) is 0 Å². The Bertz CT molecular complexity index is 227. The predicted molar refractivity (Wildman–Crippen MR) is 65.4 cm³/mol. The molecule has 0 bridgehead atoms. The Labute approximate surface area is 98.9 Å². The number of alkyl carbamates (subject to hydrolysis) is 1. The van der Waals surface area contributed by atoms with Crippen LogP contribution in [0.4, 0.5) is 4.79 Å². The molecule has 1 N–H and O–H groups in total. The first-order valence-corrected chi connectivity index (χ1v) is 6.38. The summed E-state index contributed by atoms with van der Waals surface area (Å²) in [5, 5.41) is 2.94. The summed E-state index contributed by atoms with van der Waals surface area (Å²) in [6.45, 7) is 7.74. The number of hydrogen-bond acceptors (Lipinski definition) is 2. The zero-order chi connectivity index (χ0) is 12.2. The summed E-state index contributed by atoms with van der Waals surface area (Å²) < 4.78 is 5.25. The minimum Gasteiger partial charge on any atom is -0.444 e. The summed E-state index contributed by atoms with van der Waals surface area (Å²) in [6.07, 6.45) is 6.12. The number of carbonyl (C=O) groups is 1. The van der Waals surface area contributed by atoms with Gasteiger partial charge in [-0.1, -0.05) is 19.3 Å². The molecule has 0 aromatic rings. The Hall–Kier alpha value is -0.730. The van der Waals surface area contributed by atoms with Crippen molar-refractivity contribution in [1.29, 1.82) is 0 Å². The van der Waals surface area contributed by atoms with Gasteiger partial charge < -0.3 is 10.1 Å². The second kappa shape index (κ2) is 5.55. The van der Waals surface area contributed by atoms with Gasteiger partial charge >= 0.3 is 6.09 Å². The summed E-state index contributed by atoms with van der Waals surface area (Å²) in [5.41, 5.74) is -0.406. The molecule has 1 atom stereocenters. The van der Waals surface area contributed by atoms with Crippen LogP contribution < -0.4 is 5.32 Å². The van der Waals surface area contributed by atoms with Gasteiger partial charge in [-0.2, -0.15) is 0 Å². The maximum atomic E-state index is 11.6. The highest BCUT2D eigenvalue weighted by molar-refractivity contribution is 5.68. The molecule has 0 spiro atoms. The molecule has 1 amide bonds. The van der Waals surface area contributed by atoms with E-state index in [-0.39, 0.29) is 12.1 Å². The first-order chi connectivity index (χ1) is 7.38. The molecule has 3 nitrogen and oxygen atoms in total. The summed E-state index contributed by atoms with van der Waals surface area (Å²) in [5.74, 6) is 0.626. The van der Waals surface area contributed by atoms with Crippen LogP contribution in [0.15, 0.2) is 0 Å². The van der Waals surface area contributed by atoms with E-state index in [9.17, 15) is 4.79 Å². The van der Waals surface area contributed by atoms with Crippen molar-refractivity contribution in [3.8, 4) is 0 Å². The fourth-order valence-electron chi connectivity index (χ4n) is 2.25. The third kappa shape index (κ3) is 4.86. The lowest BCUT2D eigenvalue weighted by Crippen LogP contribution is -2.41. The van der Waals surface area contributed by atoms with Gasteiger partial charge in [-0.3, -0.25) is 0 Å². The van der Waals surface area contributed by atoms with Crippen LogP contribution >= 0.6 is 0 Å². The van der Waals surface area contributed by atoms with Crippen molar-refractivity contribution in [3.63, 3.8) is 0 Å². The lowest BCUT2D eigenvalue weighted by molar-refractivity contribution is 0.0484. The van der Waals surface area contributed by atoms with Gasteiger partial charge in [0.1, 0.15) is 5.60 Å². The lowest BCUT2D eigenvalue weighted by Gasteiger charge is -2.29. The van der Waals surface area contributed by atoms with Gasteiger partial charge in [-0.25, -0.2) is 4.79 Å². The minimum absolute atomic E-state index is 0.232. The average Bonchev–Trinajstić information content (AvgIpc) is 2.16. The first-order valence-electron chi connectivity index (χ1n) is 6.38. The number of amides is 1. The normalized spacial score (nSPS) is 20.2. The third-order valence-electron chi connectivity index (χ3n) is 3.10. The SMILES string of the molecule is C[C@@H](NC(=O)OC(C)(C)C)C1CCCCC1. The maximum absolute atomic E-state index is 11.6. The molecule has 0 saturated heterocycles. The highest BCUT2D eigenvalue weighted by atomic mass is 16.6. The maximum Gasteiger partial charge on any atom is 0.407 e. The van der Waals surface area contributed by atoms with Gasteiger partial charge in [0.15, 0.2) is 0 Å². The van der Waals surface area contributed by atoms with E-state index in [2.05, 4.69) is 12.2 Å². The molecule has 1 fully saturated rings. The summed E-state index contributed by atoms with van der Waals surface area (Å²) in [7, 11) is 0. The van der Waals surface area contributed by atoms with Crippen molar-refractivity contribution in [3.05, 3.63) is 0 Å². The van der Waals surface area contributed by atoms with Crippen LogP contribution in [0.2, 0.25) is 0 Å². The molecule has 0 unspecified atom stereocenters. The van der Waals surface area contributed by atoms with Gasteiger partial charge in [0.2, 0.25) is 0 Å². The number of carbonyl (C=O) groups excluding carboxylic acids is 1. The minimum atomic E-state index is -0.406. The zero-order valence-corrected chi connectivity index (χ0v) is 11.0. The summed E-state index contributed by atoms with van der Waals surface area (Å²) in [6, 6.07) is 0.232. The van der Waals surface area contributed by atoms with E-state index < -0.39 is 5.60 Å². The smallest absolute Gasteiger partial charge is 0.407 e. The van der Waals surface area contributed by atoms with Gasteiger partial charge in [0, 0.05) is 6.04 Å². The molecule has 1 saturated carbocycles.